The molecular weight excluding hydrogens is 617 g/mol. The molecule has 4 nitrogen and oxygen atoms in total. The van der Waals surface area contributed by atoms with Gasteiger partial charge < -0.3 is 9.97 Å². The lowest BCUT2D eigenvalue weighted by Gasteiger charge is -2.00. The van der Waals surface area contributed by atoms with Gasteiger partial charge in [0.2, 0.25) is 0 Å². The summed E-state index contributed by atoms with van der Waals surface area (Å²) in [6, 6.07) is 30.2. The lowest BCUT2D eigenvalue weighted by Crippen LogP contribution is -1.83. The maximum atomic E-state index is 5.11. The fourth-order valence-electron chi connectivity index (χ4n) is 5.64. The Labute approximate surface area is 269 Å². The van der Waals surface area contributed by atoms with E-state index in [0.29, 0.717) is 0 Å². The number of aromatic amines is 2. The Hall–Kier alpha value is -4.60. The SMILES string of the molecule is C1=Cc2nc1cc1ccc([nH]1)c(-c1ccc(-c3cccs3)s1)c1nc(cc3ccc([nH]3)c2-c2ccc(-c3cccs3)s2)C=C1. The number of nitrogens with one attached hydrogen (secondary N) is 2. The molecule has 210 valence electrons. The van der Waals surface area contributed by atoms with E-state index in [4.69, 9.17) is 9.97 Å². The minimum Gasteiger partial charge on any atom is -0.355 e. The van der Waals surface area contributed by atoms with E-state index in [-0.39, 0.29) is 0 Å². The van der Waals surface area contributed by atoms with Crippen molar-refractivity contribution in [3.63, 3.8) is 0 Å². The third-order valence-corrected chi connectivity index (χ3v) is 12.0. The molecule has 0 saturated heterocycles. The molecule has 0 amide bonds. The number of rotatable bonds is 4. The van der Waals surface area contributed by atoms with Gasteiger partial charge in [-0.05, 0) is 108 Å². The average molecular weight is 639 g/mol. The lowest BCUT2D eigenvalue weighted by atomic mass is 10.1. The van der Waals surface area contributed by atoms with Gasteiger partial charge in [-0.2, -0.15) is 0 Å². The van der Waals surface area contributed by atoms with Gasteiger partial charge in [0.15, 0.2) is 0 Å². The summed E-state index contributed by atoms with van der Waals surface area (Å²) in [5.41, 5.74) is 10.00. The minimum absolute atomic E-state index is 0.915. The Balaban J connectivity index is 1.28. The van der Waals surface area contributed by atoms with E-state index < -0.39 is 0 Å². The summed E-state index contributed by atoms with van der Waals surface area (Å²) in [5, 5.41) is 4.25. The van der Waals surface area contributed by atoms with E-state index in [2.05, 4.69) is 130 Å². The van der Waals surface area contributed by atoms with Crippen LogP contribution in [0.3, 0.4) is 0 Å². The quantitative estimate of drug-likeness (QED) is 0.201. The molecule has 2 aliphatic rings. The molecule has 9 rings (SSSR count). The van der Waals surface area contributed by atoms with Crippen molar-refractivity contribution >= 4 is 91.7 Å². The Kier molecular flexibility index (Phi) is 6.19. The summed E-state index contributed by atoms with van der Waals surface area (Å²) in [4.78, 5) is 25.0. The van der Waals surface area contributed by atoms with Gasteiger partial charge in [0.25, 0.3) is 0 Å². The van der Waals surface area contributed by atoms with Crippen LogP contribution in [0.5, 0.6) is 0 Å². The third-order valence-electron chi connectivity index (χ3n) is 7.63. The Bertz CT molecular complexity index is 2220. The third kappa shape index (κ3) is 4.63. The van der Waals surface area contributed by atoms with Gasteiger partial charge in [0.1, 0.15) is 0 Å². The summed E-state index contributed by atoms with van der Waals surface area (Å²) in [6.07, 6.45) is 8.44. The van der Waals surface area contributed by atoms with Crippen LogP contribution in [0, 0.1) is 0 Å². The van der Waals surface area contributed by atoms with E-state index >= 15 is 0 Å². The second-order valence-electron chi connectivity index (χ2n) is 10.5. The average Bonchev–Trinajstić information content (AvgIpc) is 3.88. The van der Waals surface area contributed by atoms with E-state index in [1.807, 2.05) is 0 Å². The van der Waals surface area contributed by atoms with Crippen molar-refractivity contribution in [2.75, 3.05) is 0 Å². The molecule has 7 aromatic rings. The molecule has 9 heterocycles. The monoisotopic (exact) mass is 638 g/mol. The number of fused-ring (bicyclic) bond motifs is 8. The smallest absolute Gasteiger partial charge is 0.0745 e. The van der Waals surface area contributed by atoms with Crippen LogP contribution in [0.1, 0.15) is 22.8 Å². The molecule has 0 radical (unpaired) electrons. The highest BCUT2D eigenvalue weighted by Gasteiger charge is 2.16. The van der Waals surface area contributed by atoms with Gasteiger partial charge in [-0.25, -0.2) is 9.97 Å². The fourth-order valence-corrected chi connectivity index (χ4v) is 9.46. The zero-order valence-electron chi connectivity index (χ0n) is 23.1. The van der Waals surface area contributed by atoms with Gasteiger partial charge in [0.05, 0.1) is 22.8 Å². The lowest BCUT2D eigenvalue weighted by molar-refractivity contribution is 1.31. The zero-order chi connectivity index (χ0) is 29.0. The van der Waals surface area contributed by atoms with Crippen molar-refractivity contribution in [1.82, 2.24) is 19.9 Å². The highest BCUT2D eigenvalue weighted by Crippen LogP contribution is 2.41. The van der Waals surface area contributed by atoms with Crippen molar-refractivity contribution in [1.29, 1.82) is 0 Å². The molecular formula is C36H22N4S4. The van der Waals surface area contributed by atoms with Crippen LogP contribution < -0.4 is 0 Å². The largest absolute Gasteiger partial charge is 0.355 e. The predicted octanol–water partition coefficient (Wildman–Crippen LogP) is 11.6. The molecule has 44 heavy (non-hydrogen) atoms. The van der Waals surface area contributed by atoms with Crippen LogP contribution >= 0.6 is 45.3 Å². The van der Waals surface area contributed by atoms with Crippen LogP contribution in [0.15, 0.2) is 95.7 Å². The molecule has 0 saturated carbocycles. The van der Waals surface area contributed by atoms with Gasteiger partial charge >= 0.3 is 0 Å². The van der Waals surface area contributed by atoms with Gasteiger partial charge in [-0.1, -0.05) is 12.1 Å². The van der Waals surface area contributed by atoms with Crippen LogP contribution in [0.25, 0.3) is 86.8 Å². The molecule has 0 atom stereocenters. The Morgan fingerprint density at radius 2 is 0.932 bits per heavy atom. The van der Waals surface area contributed by atoms with Crippen LogP contribution in [0.4, 0.5) is 0 Å². The second kappa shape index (κ2) is 10.5. The van der Waals surface area contributed by atoms with Crippen molar-refractivity contribution in [2.24, 2.45) is 0 Å². The topological polar surface area (TPSA) is 57.4 Å². The first-order valence-electron chi connectivity index (χ1n) is 14.1. The first-order chi connectivity index (χ1) is 21.7. The van der Waals surface area contributed by atoms with Crippen molar-refractivity contribution in [3.8, 4) is 40.4 Å². The number of H-pyrrole nitrogens is 2. The highest BCUT2D eigenvalue weighted by molar-refractivity contribution is 7.23. The Morgan fingerprint density at radius 3 is 1.39 bits per heavy atom. The maximum Gasteiger partial charge on any atom is 0.0745 e. The fraction of sp³-hybridized carbons (Fsp3) is 0. The number of aromatic nitrogens is 4. The van der Waals surface area contributed by atoms with E-state index in [1.54, 1.807) is 45.3 Å². The molecule has 0 spiro atoms. The number of thiophene rings is 4. The summed E-state index contributed by atoms with van der Waals surface area (Å²) in [6.45, 7) is 0. The molecule has 0 aliphatic carbocycles. The second-order valence-corrected chi connectivity index (χ2v) is 14.5. The van der Waals surface area contributed by atoms with Crippen molar-refractivity contribution in [3.05, 3.63) is 118 Å². The Morgan fingerprint density at radius 1 is 0.455 bits per heavy atom. The molecule has 2 aliphatic heterocycles. The number of hydrogen-bond donors (Lipinski definition) is 2. The normalized spacial score (nSPS) is 12.4. The molecule has 8 heteroatoms. The molecule has 0 unspecified atom stereocenters. The molecule has 7 aromatic heterocycles. The first-order valence-corrected chi connectivity index (χ1v) is 17.5. The van der Waals surface area contributed by atoms with E-state index in [0.717, 1.165) is 56.0 Å². The maximum absolute atomic E-state index is 5.11. The van der Waals surface area contributed by atoms with E-state index in [1.165, 1.54) is 29.3 Å². The number of hydrogen-bond acceptors (Lipinski definition) is 6. The predicted molar refractivity (Wildman–Crippen MR) is 192 cm³/mol. The minimum atomic E-state index is 0.915. The zero-order valence-corrected chi connectivity index (χ0v) is 26.3. The van der Waals surface area contributed by atoms with Crippen LogP contribution in [-0.2, 0) is 0 Å². The summed E-state index contributed by atoms with van der Waals surface area (Å²) in [7, 11) is 0. The summed E-state index contributed by atoms with van der Waals surface area (Å²) < 4.78 is 0. The highest BCUT2D eigenvalue weighted by atomic mass is 32.1. The molecule has 0 fully saturated rings. The van der Waals surface area contributed by atoms with Gasteiger partial charge in [0, 0.05) is 62.5 Å². The molecule has 0 aromatic carbocycles. The first kappa shape index (κ1) is 25.9. The van der Waals surface area contributed by atoms with E-state index in [9.17, 15) is 0 Å². The standard InChI is InChI=1S/C36H22N4S4/c1-3-29(41-17-1)31-13-15-33(43-31)35-25-9-5-21(37-25)19-23-7-11-27(39-23)36(34-16-14-32(44-34)30-4-2-18-42-30)28-12-8-24(40-28)20-22-6-10-26(35)38-22/h1-20,37,40H. The van der Waals surface area contributed by atoms with Crippen molar-refractivity contribution in [2.45, 2.75) is 0 Å². The number of nitrogens with zero attached hydrogens (tertiary/aromatic N) is 2. The van der Waals surface area contributed by atoms with Crippen molar-refractivity contribution < 1.29 is 0 Å². The van der Waals surface area contributed by atoms with Gasteiger partial charge in [-0.3, -0.25) is 0 Å². The summed E-state index contributed by atoms with van der Waals surface area (Å²) in [5.74, 6) is 0. The molecule has 2 N–H and O–H groups in total. The molecule has 8 bridgehead atoms. The van der Waals surface area contributed by atoms with Crippen LogP contribution in [0.2, 0.25) is 0 Å². The van der Waals surface area contributed by atoms with Crippen LogP contribution in [-0.4, -0.2) is 19.9 Å². The summed E-state index contributed by atoms with van der Waals surface area (Å²) >= 11 is 7.13. The van der Waals surface area contributed by atoms with Gasteiger partial charge in [-0.15, -0.1) is 45.3 Å².